The van der Waals surface area contributed by atoms with E-state index in [1.54, 1.807) is 0 Å². The molecular weight excluding hydrogens is 267 g/mol. The monoisotopic (exact) mass is 280 g/mol. The fourth-order valence-corrected chi connectivity index (χ4v) is 0. The Morgan fingerprint density at radius 1 is 0.722 bits per heavy atom. The minimum absolute atomic E-state index is 0. The summed E-state index contributed by atoms with van der Waals surface area (Å²) in [5, 5.41) is 49.5. The normalized spacial score (nSPS) is 6.39. The van der Waals surface area contributed by atoms with E-state index in [-0.39, 0.29) is 17.4 Å². The molecule has 9 nitrogen and oxygen atoms in total. The summed E-state index contributed by atoms with van der Waals surface area (Å²) in [5.74, 6) is -4.32. The summed E-state index contributed by atoms with van der Waals surface area (Å²) in [7, 11) is 0. The molecule has 0 aromatic carbocycles. The van der Waals surface area contributed by atoms with Crippen molar-refractivity contribution in [1.29, 1.82) is 0 Å². The zero-order chi connectivity index (χ0) is 14.9. The van der Waals surface area contributed by atoms with Gasteiger partial charge in [0.2, 0.25) is 0 Å². The van der Waals surface area contributed by atoms with Crippen LogP contribution in [0.25, 0.3) is 0 Å². The average Bonchev–Trinajstić information content (AvgIpc) is 2.32. The molecule has 0 radical (unpaired) electrons. The second-order valence-corrected chi connectivity index (χ2v) is 1.59. The van der Waals surface area contributed by atoms with E-state index in [2.05, 4.69) is 13.2 Å². The smallest absolute Gasteiger partial charge is 0.548 e. The Kier molecular flexibility index (Phi) is 49.3. The Balaban J connectivity index is -0.0000000427. The maximum Gasteiger partial charge on any atom is 3.00 e. The van der Waals surface area contributed by atoms with Gasteiger partial charge in [0, 0.05) is 0 Å². The average molecular weight is 280 g/mol. The number of aliphatic carboxylic acids is 3. The summed E-state index contributed by atoms with van der Waals surface area (Å²) >= 11 is 0. The molecule has 18 heavy (non-hydrogen) atoms. The topological polar surface area (TPSA) is 181 Å². The molecule has 0 aliphatic rings. The summed E-state index contributed by atoms with van der Waals surface area (Å²) in [6.45, 7) is 3.33. The van der Waals surface area contributed by atoms with Gasteiger partial charge in [-0.3, -0.25) is 0 Å². The SMILES string of the molecule is C=C.O=C([O-])CO.O=C([O-])CO.O=C([O-])CO.[Al+3]. The molecule has 10 heteroatoms. The van der Waals surface area contributed by atoms with E-state index < -0.39 is 37.7 Å². The second-order valence-electron chi connectivity index (χ2n) is 1.59. The van der Waals surface area contributed by atoms with Gasteiger partial charge in [-0.15, -0.1) is 13.2 Å². The van der Waals surface area contributed by atoms with Crippen molar-refractivity contribution in [2.45, 2.75) is 0 Å². The molecule has 0 amide bonds. The molecule has 3 N–H and O–H groups in total. The number of carbonyl (C=O) groups excluding carboxylic acids is 3. The maximum atomic E-state index is 9.01. The number of aliphatic hydroxyl groups excluding tert-OH is 3. The van der Waals surface area contributed by atoms with Crippen LogP contribution < -0.4 is 15.3 Å². The van der Waals surface area contributed by atoms with Crippen molar-refractivity contribution in [3.63, 3.8) is 0 Å². The van der Waals surface area contributed by atoms with E-state index in [1.807, 2.05) is 0 Å². The summed E-state index contributed by atoms with van der Waals surface area (Å²) in [6.07, 6.45) is 0. The minimum Gasteiger partial charge on any atom is -0.548 e. The Hall–Kier alpha value is -1.44. The molecule has 0 saturated heterocycles. The molecule has 0 saturated carbocycles. The van der Waals surface area contributed by atoms with Crippen LogP contribution in [0.1, 0.15) is 0 Å². The van der Waals surface area contributed by atoms with Crippen LogP contribution in [0.15, 0.2) is 13.2 Å². The van der Waals surface area contributed by atoms with Crippen molar-refractivity contribution in [1.82, 2.24) is 0 Å². The fraction of sp³-hybridized carbons (Fsp3) is 0.375. The van der Waals surface area contributed by atoms with Crippen molar-refractivity contribution < 1.29 is 45.0 Å². The maximum absolute atomic E-state index is 9.01. The minimum atomic E-state index is -1.44. The van der Waals surface area contributed by atoms with Gasteiger partial charge >= 0.3 is 17.4 Å². The van der Waals surface area contributed by atoms with Gasteiger partial charge in [-0.05, 0) is 0 Å². The van der Waals surface area contributed by atoms with E-state index in [4.69, 9.17) is 45.0 Å². The molecule has 0 fully saturated rings. The first-order valence-corrected chi connectivity index (χ1v) is 3.73. The Labute approximate surface area is 114 Å². The fourth-order valence-electron chi connectivity index (χ4n) is 0. The molecule has 0 spiro atoms. The van der Waals surface area contributed by atoms with Crippen LogP contribution in [0.2, 0.25) is 0 Å². The summed E-state index contributed by atoms with van der Waals surface area (Å²) < 4.78 is 0. The standard InChI is InChI=1S/3C2H4O3.C2H4.Al/c3*3-1-2(4)5;1-2;/h3*3H,1H2,(H,4,5);1-2H2;/q;;;;+3/p-3. The molecule has 0 aromatic heterocycles. The van der Waals surface area contributed by atoms with Crippen molar-refractivity contribution in [3.05, 3.63) is 13.2 Å². The number of hydrogen-bond acceptors (Lipinski definition) is 9. The quantitative estimate of drug-likeness (QED) is 0.334. The van der Waals surface area contributed by atoms with Gasteiger partial charge < -0.3 is 45.0 Å². The molecule has 0 aliphatic carbocycles. The first-order valence-electron chi connectivity index (χ1n) is 3.73. The van der Waals surface area contributed by atoms with Gasteiger partial charge in [-0.1, -0.05) is 0 Å². The Morgan fingerprint density at radius 3 is 0.778 bits per heavy atom. The molecule has 0 aliphatic heterocycles. The van der Waals surface area contributed by atoms with Gasteiger partial charge in [0.05, 0.1) is 37.7 Å². The first-order chi connectivity index (χ1) is 7.81. The molecule has 0 heterocycles. The van der Waals surface area contributed by atoms with Crippen molar-refractivity contribution >= 4 is 35.3 Å². The predicted octanol–water partition coefficient (Wildman–Crippen LogP) is -6.39. The van der Waals surface area contributed by atoms with Gasteiger partial charge in [0.15, 0.2) is 0 Å². The van der Waals surface area contributed by atoms with Crippen molar-refractivity contribution in [2.75, 3.05) is 19.8 Å². The predicted molar refractivity (Wildman–Crippen MR) is 53.3 cm³/mol. The van der Waals surface area contributed by atoms with Crippen molar-refractivity contribution in [2.24, 2.45) is 0 Å². The molecule has 0 rings (SSSR count). The van der Waals surface area contributed by atoms with E-state index >= 15 is 0 Å². The number of rotatable bonds is 3. The third kappa shape index (κ3) is 129. The first kappa shape index (κ1) is 30.0. The van der Waals surface area contributed by atoms with E-state index in [9.17, 15) is 0 Å². The van der Waals surface area contributed by atoms with Gasteiger partial charge in [0.1, 0.15) is 0 Å². The van der Waals surface area contributed by atoms with Crippen LogP contribution in [0.4, 0.5) is 0 Å². The molecule has 0 unspecified atom stereocenters. The summed E-state index contributed by atoms with van der Waals surface area (Å²) in [5.41, 5.74) is 0. The molecule has 0 aromatic rings. The third-order valence-electron chi connectivity index (χ3n) is 0.387. The zero-order valence-corrected chi connectivity index (χ0v) is 10.6. The van der Waals surface area contributed by atoms with Crippen LogP contribution >= 0.6 is 0 Å². The number of hydrogen-bond donors (Lipinski definition) is 3. The van der Waals surface area contributed by atoms with E-state index in [0.717, 1.165) is 0 Å². The number of carbonyl (C=O) groups is 3. The Morgan fingerprint density at radius 2 is 0.778 bits per heavy atom. The van der Waals surface area contributed by atoms with Crippen LogP contribution in [0.3, 0.4) is 0 Å². The Bertz CT molecular complexity index is 173. The molecule has 0 atom stereocenters. The molecular formula is C8H13AlO9. The van der Waals surface area contributed by atoms with E-state index in [1.165, 1.54) is 0 Å². The second kappa shape index (κ2) is 29.6. The number of carboxylic acids is 3. The number of carboxylic acid groups (broad SMARTS) is 3. The van der Waals surface area contributed by atoms with Gasteiger partial charge in [-0.25, -0.2) is 0 Å². The molecule has 0 bridgehead atoms. The van der Waals surface area contributed by atoms with Crippen LogP contribution in [-0.4, -0.2) is 70.4 Å². The van der Waals surface area contributed by atoms with E-state index in [0.29, 0.717) is 0 Å². The third-order valence-corrected chi connectivity index (χ3v) is 0.387. The van der Waals surface area contributed by atoms with Crippen LogP contribution in [-0.2, 0) is 14.4 Å². The van der Waals surface area contributed by atoms with Crippen LogP contribution in [0, 0.1) is 0 Å². The summed E-state index contributed by atoms with van der Waals surface area (Å²) in [4.78, 5) is 27.0. The van der Waals surface area contributed by atoms with Crippen molar-refractivity contribution in [3.8, 4) is 0 Å². The van der Waals surface area contributed by atoms with Gasteiger partial charge in [0.25, 0.3) is 0 Å². The van der Waals surface area contributed by atoms with Crippen LogP contribution in [0.5, 0.6) is 0 Å². The van der Waals surface area contributed by atoms with Gasteiger partial charge in [-0.2, -0.15) is 0 Å². The largest absolute Gasteiger partial charge is 3.00 e. The zero-order valence-electron chi connectivity index (χ0n) is 9.40. The number of aliphatic hydroxyl groups is 3. The molecule has 102 valence electrons. The summed E-state index contributed by atoms with van der Waals surface area (Å²) in [6, 6.07) is 0.